The van der Waals surface area contributed by atoms with Gasteiger partial charge in [-0.05, 0) is 63.6 Å². The summed E-state index contributed by atoms with van der Waals surface area (Å²) in [5.74, 6) is 2.91. The van der Waals surface area contributed by atoms with Crippen molar-refractivity contribution in [2.75, 3.05) is 46.3 Å². The van der Waals surface area contributed by atoms with E-state index in [1.54, 1.807) is 0 Å². The molecule has 0 aromatic heterocycles. The van der Waals surface area contributed by atoms with Crippen LogP contribution >= 0.6 is 24.0 Å². The molecular formula is C17H35IN4. The fourth-order valence-corrected chi connectivity index (χ4v) is 3.34. The third-order valence-corrected chi connectivity index (χ3v) is 5.11. The monoisotopic (exact) mass is 422 g/mol. The normalized spacial score (nSPS) is 22.5. The number of piperidine rings is 2. The molecule has 2 aliphatic rings. The molecule has 0 aromatic rings. The maximum Gasteiger partial charge on any atom is 0.193 e. The molecular weight excluding hydrogens is 387 g/mol. The number of hydrogen-bond acceptors (Lipinski definition) is 2. The third kappa shape index (κ3) is 6.60. The summed E-state index contributed by atoms with van der Waals surface area (Å²) in [5.41, 5.74) is 0. The molecule has 2 fully saturated rings. The second-order valence-electron chi connectivity index (χ2n) is 7.02. The number of nitrogens with zero attached hydrogens (tertiary/aromatic N) is 3. The first kappa shape index (κ1) is 20.0. The van der Waals surface area contributed by atoms with Crippen molar-refractivity contribution in [3.05, 3.63) is 0 Å². The maximum atomic E-state index is 4.45. The Bertz CT molecular complexity index is 319. The van der Waals surface area contributed by atoms with E-state index in [0.717, 1.165) is 37.4 Å². The van der Waals surface area contributed by atoms with E-state index in [9.17, 15) is 0 Å². The van der Waals surface area contributed by atoms with Crippen molar-refractivity contribution in [3.63, 3.8) is 0 Å². The van der Waals surface area contributed by atoms with Crippen molar-refractivity contribution < 1.29 is 0 Å². The molecule has 0 aliphatic carbocycles. The van der Waals surface area contributed by atoms with Crippen LogP contribution in [0, 0.1) is 11.8 Å². The number of aliphatic imine (C=N–C) groups is 1. The van der Waals surface area contributed by atoms with Crippen molar-refractivity contribution >= 4 is 29.9 Å². The van der Waals surface area contributed by atoms with Gasteiger partial charge in [-0.2, -0.15) is 0 Å². The quantitative estimate of drug-likeness (QED) is 0.327. The Kier molecular flexibility index (Phi) is 9.71. The Morgan fingerprint density at radius 3 is 2.09 bits per heavy atom. The Labute approximate surface area is 154 Å². The summed E-state index contributed by atoms with van der Waals surface area (Å²) in [5, 5.41) is 3.55. The van der Waals surface area contributed by atoms with Crippen LogP contribution in [0.25, 0.3) is 0 Å². The molecule has 2 saturated heterocycles. The first-order chi connectivity index (χ1) is 10.2. The van der Waals surface area contributed by atoms with Gasteiger partial charge >= 0.3 is 0 Å². The molecule has 0 amide bonds. The average Bonchev–Trinajstić information content (AvgIpc) is 2.50. The number of hydrogen-bond donors (Lipinski definition) is 1. The topological polar surface area (TPSA) is 30.9 Å². The summed E-state index contributed by atoms with van der Waals surface area (Å²) in [6.45, 7) is 11.9. The molecule has 22 heavy (non-hydrogen) atoms. The van der Waals surface area contributed by atoms with E-state index >= 15 is 0 Å². The molecule has 0 saturated carbocycles. The molecule has 0 atom stereocenters. The number of likely N-dealkylation sites (tertiary alicyclic amines) is 2. The summed E-state index contributed by atoms with van der Waals surface area (Å²) in [7, 11) is 1.91. The summed E-state index contributed by atoms with van der Waals surface area (Å²) >= 11 is 0. The van der Waals surface area contributed by atoms with E-state index < -0.39 is 0 Å². The predicted octanol–water partition coefficient (Wildman–Crippen LogP) is 3.03. The number of guanidine groups is 1. The molecule has 5 heteroatoms. The van der Waals surface area contributed by atoms with Crippen molar-refractivity contribution in [1.29, 1.82) is 0 Å². The summed E-state index contributed by atoms with van der Waals surface area (Å²) in [6, 6.07) is 0. The van der Waals surface area contributed by atoms with Gasteiger partial charge in [-0.3, -0.25) is 4.99 Å². The van der Waals surface area contributed by atoms with Crippen LogP contribution in [0.3, 0.4) is 0 Å². The van der Waals surface area contributed by atoms with Gasteiger partial charge in [0.2, 0.25) is 0 Å². The first-order valence-corrected chi connectivity index (χ1v) is 8.87. The zero-order valence-corrected chi connectivity index (χ0v) is 17.0. The minimum Gasteiger partial charge on any atom is -0.356 e. The minimum absolute atomic E-state index is 0. The first-order valence-electron chi connectivity index (χ1n) is 8.87. The van der Waals surface area contributed by atoms with Crippen LogP contribution in [0.15, 0.2) is 4.99 Å². The van der Waals surface area contributed by atoms with Crippen LogP contribution in [0.4, 0.5) is 0 Å². The van der Waals surface area contributed by atoms with Gasteiger partial charge in [-0.15, -0.1) is 24.0 Å². The van der Waals surface area contributed by atoms with Gasteiger partial charge in [0.05, 0.1) is 0 Å². The van der Waals surface area contributed by atoms with Crippen molar-refractivity contribution in [1.82, 2.24) is 15.1 Å². The lowest BCUT2D eigenvalue weighted by molar-refractivity contribution is 0.191. The molecule has 2 rings (SSSR count). The lowest BCUT2D eigenvalue weighted by Crippen LogP contribution is -2.46. The van der Waals surface area contributed by atoms with E-state index in [2.05, 4.69) is 34.0 Å². The average molecular weight is 422 g/mol. The lowest BCUT2D eigenvalue weighted by Gasteiger charge is -2.33. The molecule has 0 bridgehead atoms. The van der Waals surface area contributed by atoms with Gasteiger partial charge < -0.3 is 15.1 Å². The highest BCUT2D eigenvalue weighted by molar-refractivity contribution is 14.0. The summed E-state index contributed by atoms with van der Waals surface area (Å²) in [6.07, 6.45) is 6.57. The lowest BCUT2D eigenvalue weighted by atomic mass is 9.99. The van der Waals surface area contributed by atoms with Crippen molar-refractivity contribution in [2.45, 2.75) is 46.0 Å². The van der Waals surface area contributed by atoms with E-state index in [4.69, 9.17) is 0 Å². The largest absolute Gasteiger partial charge is 0.356 e. The van der Waals surface area contributed by atoms with E-state index in [1.165, 1.54) is 51.7 Å². The van der Waals surface area contributed by atoms with Crippen molar-refractivity contribution in [3.8, 4) is 0 Å². The van der Waals surface area contributed by atoms with Crippen LogP contribution in [0.5, 0.6) is 0 Å². The van der Waals surface area contributed by atoms with Crippen LogP contribution in [0.1, 0.15) is 46.0 Å². The summed E-state index contributed by atoms with van der Waals surface area (Å²) in [4.78, 5) is 9.49. The fraction of sp³-hybridized carbons (Fsp3) is 0.941. The molecule has 4 nitrogen and oxygen atoms in total. The van der Waals surface area contributed by atoms with Crippen LogP contribution in [0.2, 0.25) is 0 Å². The molecule has 2 heterocycles. The van der Waals surface area contributed by atoms with Gasteiger partial charge in [0, 0.05) is 26.7 Å². The Morgan fingerprint density at radius 1 is 1.00 bits per heavy atom. The maximum absolute atomic E-state index is 4.45. The Hall–Kier alpha value is -0.0400. The van der Waals surface area contributed by atoms with Gasteiger partial charge in [0.15, 0.2) is 5.96 Å². The third-order valence-electron chi connectivity index (χ3n) is 5.11. The van der Waals surface area contributed by atoms with Crippen LogP contribution in [-0.2, 0) is 0 Å². The van der Waals surface area contributed by atoms with Crippen molar-refractivity contribution in [2.24, 2.45) is 16.8 Å². The van der Waals surface area contributed by atoms with Crippen LogP contribution in [-0.4, -0.2) is 62.1 Å². The summed E-state index contributed by atoms with van der Waals surface area (Å²) < 4.78 is 0. The standard InChI is InChI=1S/C17H34N4.HI/c1-15-5-11-20(12-6-15)10-4-9-19-17(18-3)21-13-7-16(2)8-14-21;/h15-16H,4-14H2,1-3H3,(H,18,19);1H. The number of halogens is 1. The molecule has 0 radical (unpaired) electrons. The fourth-order valence-electron chi connectivity index (χ4n) is 3.34. The Balaban J connectivity index is 0.00000242. The van der Waals surface area contributed by atoms with Gasteiger partial charge in [0.25, 0.3) is 0 Å². The highest BCUT2D eigenvalue weighted by Gasteiger charge is 2.18. The zero-order chi connectivity index (χ0) is 15.1. The molecule has 0 aromatic carbocycles. The predicted molar refractivity (Wildman–Crippen MR) is 106 cm³/mol. The minimum atomic E-state index is 0. The molecule has 2 aliphatic heterocycles. The van der Waals surface area contributed by atoms with E-state index in [1.807, 2.05) is 7.05 Å². The van der Waals surface area contributed by atoms with E-state index in [0.29, 0.717) is 0 Å². The second kappa shape index (κ2) is 10.7. The van der Waals surface area contributed by atoms with Crippen LogP contribution < -0.4 is 5.32 Å². The van der Waals surface area contributed by atoms with Gasteiger partial charge in [-0.1, -0.05) is 13.8 Å². The smallest absolute Gasteiger partial charge is 0.193 e. The second-order valence-corrected chi connectivity index (χ2v) is 7.02. The highest BCUT2D eigenvalue weighted by atomic mass is 127. The number of rotatable bonds is 4. The zero-order valence-electron chi connectivity index (χ0n) is 14.7. The SMILES string of the molecule is CN=C(NCCCN1CCC(C)CC1)N1CCC(C)CC1.I. The Morgan fingerprint density at radius 2 is 1.55 bits per heavy atom. The highest BCUT2D eigenvalue weighted by Crippen LogP contribution is 2.16. The van der Waals surface area contributed by atoms with E-state index in [-0.39, 0.29) is 24.0 Å². The van der Waals surface area contributed by atoms with Gasteiger partial charge in [0.1, 0.15) is 0 Å². The molecule has 0 unspecified atom stereocenters. The molecule has 1 N–H and O–H groups in total. The molecule has 130 valence electrons. The number of nitrogens with one attached hydrogen (secondary N) is 1. The van der Waals surface area contributed by atoms with Gasteiger partial charge in [-0.25, -0.2) is 0 Å². The molecule has 0 spiro atoms.